The monoisotopic (exact) mass is 244 g/mol. The Hall–Kier alpha value is -1.68. The van der Waals surface area contributed by atoms with Gasteiger partial charge in [0.25, 0.3) is 0 Å². The maximum absolute atomic E-state index is 4.57. The van der Waals surface area contributed by atoms with E-state index in [4.69, 9.17) is 0 Å². The van der Waals surface area contributed by atoms with Crippen LogP contribution in [0.25, 0.3) is 5.69 Å². The van der Waals surface area contributed by atoms with E-state index in [1.165, 1.54) is 0 Å². The van der Waals surface area contributed by atoms with Crippen molar-refractivity contribution in [3.8, 4) is 5.69 Å². The second-order valence-corrected chi connectivity index (χ2v) is 4.63. The van der Waals surface area contributed by atoms with E-state index in [0.717, 1.165) is 30.2 Å². The molecule has 0 aromatic carbocycles. The average molecular weight is 244 g/mol. The van der Waals surface area contributed by atoms with Crippen LogP contribution in [-0.4, -0.2) is 21.3 Å². The third-order valence-electron chi connectivity index (χ3n) is 2.82. The van der Waals surface area contributed by atoms with E-state index in [2.05, 4.69) is 48.3 Å². The molecule has 2 aromatic heterocycles. The van der Waals surface area contributed by atoms with Crippen LogP contribution in [0.4, 0.5) is 0 Å². The van der Waals surface area contributed by atoms with Gasteiger partial charge in [-0.3, -0.25) is 4.98 Å². The van der Waals surface area contributed by atoms with Crippen LogP contribution >= 0.6 is 0 Å². The minimum Gasteiger partial charge on any atom is -0.311 e. The first kappa shape index (κ1) is 12.8. The molecule has 96 valence electrons. The van der Waals surface area contributed by atoms with Crippen molar-refractivity contribution in [3.63, 3.8) is 0 Å². The fraction of sp³-hybridized carbons (Fsp3) is 0.429. The summed E-state index contributed by atoms with van der Waals surface area (Å²) in [5.74, 6) is 0.453. The predicted octanol–water partition coefficient (Wildman–Crippen LogP) is 2.50. The summed E-state index contributed by atoms with van der Waals surface area (Å²) < 4.78 is 1.91. The summed E-state index contributed by atoms with van der Waals surface area (Å²) in [6.07, 6.45) is 3.83. The lowest BCUT2D eigenvalue weighted by atomic mass is 10.1. The van der Waals surface area contributed by atoms with Gasteiger partial charge in [-0.15, -0.1) is 0 Å². The number of nitrogens with zero attached hydrogens (tertiary/aromatic N) is 3. The van der Waals surface area contributed by atoms with Crippen LogP contribution in [0.2, 0.25) is 0 Å². The Bertz CT molecular complexity index is 502. The van der Waals surface area contributed by atoms with Crippen LogP contribution in [0.15, 0.2) is 30.6 Å². The number of aromatic nitrogens is 3. The normalized spacial score (nSPS) is 11.1. The molecule has 4 nitrogen and oxygen atoms in total. The highest BCUT2D eigenvalue weighted by atomic mass is 15.3. The molecule has 0 radical (unpaired) electrons. The summed E-state index contributed by atoms with van der Waals surface area (Å²) in [6.45, 7) is 8.13. The topological polar surface area (TPSA) is 42.7 Å². The molecule has 0 aliphatic rings. The lowest BCUT2D eigenvalue weighted by molar-refractivity contribution is 0.707. The standard InChI is InChI=1S/C14H20N4/c1-4-15-10-12-9-13(5-7-16-12)18-8-6-14(17-18)11(2)3/h5-9,11,15H,4,10H2,1-3H3. The van der Waals surface area contributed by atoms with E-state index in [1.807, 2.05) is 23.1 Å². The maximum atomic E-state index is 4.57. The van der Waals surface area contributed by atoms with Crippen molar-refractivity contribution in [2.45, 2.75) is 33.2 Å². The van der Waals surface area contributed by atoms with Crippen LogP contribution in [0.1, 0.15) is 38.1 Å². The van der Waals surface area contributed by atoms with Gasteiger partial charge >= 0.3 is 0 Å². The second kappa shape index (κ2) is 5.78. The fourth-order valence-electron chi connectivity index (χ4n) is 1.75. The molecule has 0 fully saturated rings. The number of pyridine rings is 1. The Morgan fingerprint density at radius 1 is 1.33 bits per heavy atom. The quantitative estimate of drug-likeness (QED) is 0.878. The molecule has 18 heavy (non-hydrogen) atoms. The van der Waals surface area contributed by atoms with E-state index in [9.17, 15) is 0 Å². The van der Waals surface area contributed by atoms with Crippen molar-refractivity contribution >= 4 is 0 Å². The van der Waals surface area contributed by atoms with Crippen molar-refractivity contribution in [2.24, 2.45) is 0 Å². The minimum atomic E-state index is 0.453. The van der Waals surface area contributed by atoms with Gasteiger partial charge in [-0.05, 0) is 30.7 Å². The van der Waals surface area contributed by atoms with Gasteiger partial charge in [0, 0.05) is 18.9 Å². The lowest BCUT2D eigenvalue weighted by Crippen LogP contribution is -2.13. The molecular formula is C14H20N4. The van der Waals surface area contributed by atoms with Gasteiger partial charge in [0.05, 0.1) is 17.1 Å². The first-order valence-electron chi connectivity index (χ1n) is 6.42. The first-order chi connectivity index (χ1) is 8.70. The van der Waals surface area contributed by atoms with E-state index >= 15 is 0 Å². The second-order valence-electron chi connectivity index (χ2n) is 4.63. The van der Waals surface area contributed by atoms with Gasteiger partial charge in [-0.1, -0.05) is 20.8 Å². The molecule has 0 atom stereocenters. The van der Waals surface area contributed by atoms with Gasteiger partial charge in [0.2, 0.25) is 0 Å². The molecular weight excluding hydrogens is 224 g/mol. The molecule has 0 saturated carbocycles. The van der Waals surface area contributed by atoms with E-state index < -0.39 is 0 Å². The molecule has 0 unspecified atom stereocenters. The SMILES string of the molecule is CCNCc1cc(-n2ccc(C(C)C)n2)ccn1. The Morgan fingerprint density at radius 3 is 2.83 bits per heavy atom. The number of nitrogens with one attached hydrogen (secondary N) is 1. The van der Waals surface area contributed by atoms with Gasteiger partial charge < -0.3 is 5.32 Å². The average Bonchev–Trinajstić information content (AvgIpc) is 2.86. The van der Waals surface area contributed by atoms with Gasteiger partial charge in [0.1, 0.15) is 0 Å². The van der Waals surface area contributed by atoms with Crippen LogP contribution in [0.5, 0.6) is 0 Å². The van der Waals surface area contributed by atoms with Crippen molar-refractivity contribution in [2.75, 3.05) is 6.54 Å². The summed E-state index contributed by atoms with van der Waals surface area (Å²) in [5, 5.41) is 7.84. The van der Waals surface area contributed by atoms with Crippen LogP contribution in [-0.2, 0) is 6.54 Å². The van der Waals surface area contributed by atoms with Crippen molar-refractivity contribution in [1.82, 2.24) is 20.1 Å². The van der Waals surface area contributed by atoms with Crippen molar-refractivity contribution in [3.05, 3.63) is 42.0 Å². The molecule has 0 spiro atoms. The summed E-state index contributed by atoms with van der Waals surface area (Å²) in [5.41, 5.74) is 3.21. The number of rotatable bonds is 5. The van der Waals surface area contributed by atoms with Gasteiger partial charge in [-0.2, -0.15) is 5.10 Å². The van der Waals surface area contributed by atoms with Gasteiger partial charge in [0.15, 0.2) is 0 Å². The molecule has 0 bridgehead atoms. The Balaban J connectivity index is 2.21. The molecule has 2 aromatic rings. The zero-order chi connectivity index (χ0) is 13.0. The Morgan fingerprint density at radius 2 is 2.17 bits per heavy atom. The largest absolute Gasteiger partial charge is 0.311 e. The molecule has 2 heterocycles. The van der Waals surface area contributed by atoms with E-state index in [1.54, 1.807) is 0 Å². The molecule has 0 saturated heterocycles. The summed E-state index contributed by atoms with van der Waals surface area (Å²) >= 11 is 0. The maximum Gasteiger partial charge on any atom is 0.0679 e. The summed E-state index contributed by atoms with van der Waals surface area (Å²) in [7, 11) is 0. The smallest absolute Gasteiger partial charge is 0.0679 e. The fourth-order valence-corrected chi connectivity index (χ4v) is 1.75. The molecule has 0 amide bonds. The highest BCUT2D eigenvalue weighted by Gasteiger charge is 2.05. The van der Waals surface area contributed by atoms with Crippen LogP contribution in [0.3, 0.4) is 0 Å². The van der Waals surface area contributed by atoms with E-state index in [-0.39, 0.29) is 0 Å². The summed E-state index contributed by atoms with van der Waals surface area (Å²) in [4.78, 5) is 4.34. The zero-order valence-corrected chi connectivity index (χ0v) is 11.2. The lowest BCUT2D eigenvalue weighted by Gasteiger charge is -2.05. The van der Waals surface area contributed by atoms with Crippen molar-refractivity contribution < 1.29 is 0 Å². The van der Waals surface area contributed by atoms with Crippen molar-refractivity contribution in [1.29, 1.82) is 0 Å². The van der Waals surface area contributed by atoms with Crippen LogP contribution in [0, 0.1) is 0 Å². The third kappa shape index (κ3) is 2.96. The highest BCUT2D eigenvalue weighted by molar-refractivity contribution is 5.31. The van der Waals surface area contributed by atoms with Crippen LogP contribution < -0.4 is 5.32 Å². The molecule has 0 aliphatic heterocycles. The Labute approximate surface area is 108 Å². The van der Waals surface area contributed by atoms with E-state index in [0.29, 0.717) is 5.92 Å². The highest BCUT2D eigenvalue weighted by Crippen LogP contribution is 2.14. The molecule has 2 rings (SSSR count). The number of hydrogen-bond donors (Lipinski definition) is 1. The molecule has 0 aliphatic carbocycles. The predicted molar refractivity (Wildman–Crippen MR) is 72.8 cm³/mol. The third-order valence-corrected chi connectivity index (χ3v) is 2.82. The molecule has 4 heteroatoms. The number of hydrogen-bond acceptors (Lipinski definition) is 3. The van der Waals surface area contributed by atoms with Gasteiger partial charge in [-0.25, -0.2) is 4.68 Å². The summed E-state index contributed by atoms with van der Waals surface area (Å²) in [6, 6.07) is 6.11. The minimum absolute atomic E-state index is 0.453. The zero-order valence-electron chi connectivity index (χ0n) is 11.2. The molecule has 1 N–H and O–H groups in total. The Kier molecular flexibility index (Phi) is 4.10. The first-order valence-corrected chi connectivity index (χ1v) is 6.42.